The number of hydrogen-bond acceptors (Lipinski definition) is 2. The molecule has 14 heavy (non-hydrogen) atoms. The SMILES string of the molecule is COc1cccc2c1[C@@H](C=O)CCC2. The van der Waals surface area contributed by atoms with Crippen molar-refractivity contribution in [1.82, 2.24) is 0 Å². The minimum absolute atomic E-state index is 0.0369. The van der Waals surface area contributed by atoms with Crippen LogP contribution in [0.25, 0.3) is 0 Å². The first kappa shape index (κ1) is 9.25. The van der Waals surface area contributed by atoms with Gasteiger partial charge in [-0.05, 0) is 30.9 Å². The first-order valence-corrected chi connectivity index (χ1v) is 4.98. The minimum atomic E-state index is 0.0369. The second-order valence-electron chi connectivity index (χ2n) is 3.67. The Bertz CT molecular complexity index is 330. The number of aldehydes is 1. The summed E-state index contributed by atoms with van der Waals surface area (Å²) in [6.07, 6.45) is 4.16. The molecule has 1 aliphatic carbocycles. The number of rotatable bonds is 2. The van der Waals surface area contributed by atoms with E-state index >= 15 is 0 Å². The van der Waals surface area contributed by atoms with Crippen LogP contribution in [0.1, 0.15) is 29.9 Å². The van der Waals surface area contributed by atoms with Crippen molar-refractivity contribution in [2.45, 2.75) is 25.2 Å². The predicted molar refractivity (Wildman–Crippen MR) is 54.7 cm³/mol. The number of carbonyl (C=O) groups excluding carboxylic acids is 1. The predicted octanol–water partition coefficient (Wildman–Crippen LogP) is 2.31. The molecule has 1 aliphatic rings. The molecule has 0 aliphatic heterocycles. The van der Waals surface area contributed by atoms with E-state index in [0.29, 0.717) is 0 Å². The molecule has 0 fully saturated rings. The monoisotopic (exact) mass is 190 g/mol. The molecule has 1 aromatic carbocycles. The van der Waals surface area contributed by atoms with Gasteiger partial charge in [0.25, 0.3) is 0 Å². The maximum Gasteiger partial charge on any atom is 0.127 e. The van der Waals surface area contributed by atoms with Crippen molar-refractivity contribution in [2.75, 3.05) is 7.11 Å². The highest BCUT2D eigenvalue weighted by atomic mass is 16.5. The standard InChI is InChI=1S/C12H14O2/c1-14-11-7-3-5-9-4-2-6-10(8-13)12(9)11/h3,5,7-8,10H,2,4,6H2,1H3/t10-/m1/s1. The molecule has 1 aromatic rings. The average molecular weight is 190 g/mol. The Hall–Kier alpha value is -1.31. The van der Waals surface area contributed by atoms with Gasteiger partial charge in [-0.25, -0.2) is 0 Å². The van der Waals surface area contributed by atoms with Crippen LogP contribution in [-0.2, 0) is 11.2 Å². The van der Waals surface area contributed by atoms with Crippen molar-refractivity contribution in [2.24, 2.45) is 0 Å². The summed E-state index contributed by atoms with van der Waals surface area (Å²) in [6.45, 7) is 0. The van der Waals surface area contributed by atoms with Gasteiger partial charge in [-0.2, -0.15) is 0 Å². The minimum Gasteiger partial charge on any atom is -0.496 e. The smallest absolute Gasteiger partial charge is 0.127 e. The molecule has 2 rings (SSSR count). The topological polar surface area (TPSA) is 26.3 Å². The molecule has 0 N–H and O–H groups in total. The third-order valence-corrected chi connectivity index (χ3v) is 2.87. The molecular weight excluding hydrogens is 176 g/mol. The summed E-state index contributed by atoms with van der Waals surface area (Å²) in [5.74, 6) is 0.897. The van der Waals surface area contributed by atoms with Crippen molar-refractivity contribution in [1.29, 1.82) is 0 Å². The van der Waals surface area contributed by atoms with Crippen molar-refractivity contribution < 1.29 is 9.53 Å². The summed E-state index contributed by atoms with van der Waals surface area (Å²) in [7, 11) is 1.66. The number of benzene rings is 1. The van der Waals surface area contributed by atoms with Crippen LogP contribution in [-0.4, -0.2) is 13.4 Å². The largest absolute Gasteiger partial charge is 0.496 e. The number of hydrogen-bond donors (Lipinski definition) is 0. The van der Waals surface area contributed by atoms with Gasteiger partial charge < -0.3 is 9.53 Å². The van der Waals surface area contributed by atoms with Gasteiger partial charge in [-0.15, -0.1) is 0 Å². The Morgan fingerprint density at radius 2 is 2.36 bits per heavy atom. The van der Waals surface area contributed by atoms with Crippen molar-refractivity contribution >= 4 is 6.29 Å². The Morgan fingerprint density at radius 1 is 1.50 bits per heavy atom. The maximum absolute atomic E-state index is 10.9. The Labute approximate surface area is 83.9 Å². The maximum atomic E-state index is 10.9. The van der Waals surface area contributed by atoms with E-state index in [9.17, 15) is 4.79 Å². The van der Waals surface area contributed by atoms with Crippen LogP contribution in [0.5, 0.6) is 5.75 Å². The molecule has 0 amide bonds. The quantitative estimate of drug-likeness (QED) is 0.669. The van der Waals surface area contributed by atoms with E-state index in [-0.39, 0.29) is 5.92 Å². The summed E-state index contributed by atoms with van der Waals surface area (Å²) in [5, 5.41) is 0. The van der Waals surface area contributed by atoms with Gasteiger partial charge in [0.05, 0.1) is 7.11 Å². The highest BCUT2D eigenvalue weighted by Gasteiger charge is 2.22. The second-order valence-corrected chi connectivity index (χ2v) is 3.67. The zero-order valence-electron chi connectivity index (χ0n) is 8.32. The molecule has 0 unspecified atom stereocenters. The molecule has 0 spiro atoms. The van der Waals surface area contributed by atoms with Crippen LogP contribution >= 0.6 is 0 Å². The van der Waals surface area contributed by atoms with Crippen LogP contribution in [0.15, 0.2) is 18.2 Å². The first-order valence-electron chi connectivity index (χ1n) is 4.98. The lowest BCUT2D eigenvalue weighted by molar-refractivity contribution is -0.109. The molecule has 0 saturated carbocycles. The van der Waals surface area contributed by atoms with Crippen LogP contribution in [0.2, 0.25) is 0 Å². The fourth-order valence-corrected chi connectivity index (χ4v) is 2.20. The van der Waals surface area contributed by atoms with Gasteiger partial charge in [0.1, 0.15) is 12.0 Å². The number of ether oxygens (including phenoxy) is 1. The number of aryl methyl sites for hydroxylation is 1. The van der Waals surface area contributed by atoms with E-state index in [2.05, 4.69) is 6.07 Å². The van der Waals surface area contributed by atoms with Gasteiger partial charge in [-0.1, -0.05) is 12.1 Å². The highest BCUT2D eigenvalue weighted by molar-refractivity contribution is 5.66. The van der Waals surface area contributed by atoms with Crippen LogP contribution < -0.4 is 4.74 Å². The van der Waals surface area contributed by atoms with E-state index in [1.165, 1.54) is 5.56 Å². The summed E-state index contributed by atoms with van der Waals surface area (Å²) in [6, 6.07) is 6.01. The van der Waals surface area contributed by atoms with E-state index < -0.39 is 0 Å². The summed E-state index contributed by atoms with van der Waals surface area (Å²) in [5.41, 5.74) is 2.38. The Balaban J connectivity index is 2.51. The lowest BCUT2D eigenvalue weighted by atomic mass is 9.83. The van der Waals surface area contributed by atoms with Crippen LogP contribution in [0.3, 0.4) is 0 Å². The fraction of sp³-hybridized carbons (Fsp3) is 0.417. The zero-order chi connectivity index (χ0) is 9.97. The van der Waals surface area contributed by atoms with E-state index in [1.54, 1.807) is 7.11 Å². The fourth-order valence-electron chi connectivity index (χ4n) is 2.20. The van der Waals surface area contributed by atoms with Gasteiger partial charge in [0, 0.05) is 11.5 Å². The van der Waals surface area contributed by atoms with Gasteiger partial charge in [-0.3, -0.25) is 0 Å². The molecular formula is C12H14O2. The van der Waals surface area contributed by atoms with Gasteiger partial charge in [0.15, 0.2) is 0 Å². The lowest BCUT2D eigenvalue weighted by Crippen LogP contribution is -2.12. The number of carbonyl (C=O) groups is 1. The summed E-state index contributed by atoms with van der Waals surface area (Å²) in [4.78, 5) is 10.9. The molecule has 2 heteroatoms. The molecule has 0 saturated heterocycles. The molecule has 0 heterocycles. The summed E-state index contributed by atoms with van der Waals surface area (Å²) >= 11 is 0. The van der Waals surface area contributed by atoms with E-state index in [0.717, 1.165) is 36.9 Å². The number of fused-ring (bicyclic) bond motifs is 1. The third kappa shape index (κ3) is 1.41. The van der Waals surface area contributed by atoms with Crippen molar-refractivity contribution in [3.05, 3.63) is 29.3 Å². The van der Waals surface area contributed by atoms with Crippen LogP contribution in [0, 0.1) is 0 Å². The molecule has 0 aromatic heterocycles. The van der Waals surface area contributed by atoms with E-state index in [4.69, 9.17) is 4.74 Å². The number of methoxy groups -OCH3 is 1. The molecule has 74 valence electrons. The lowest BCUT2D eigenvalue weighted by Gasteiger charge is -2.23. The molecule has 2 nitrogen and oxygen atoms in total. The highest BCUT2D eigenvalue weighted by Crippen LogP contribution is 2.36. The molecule has 1 atom stereocenters. The Morgan fingerprint density at radius 3 is 3.07 bits per heavy atom. The van der Waals surface area contributed by atoms with E-state index in [1.807, 2.05) is 12.1 Å². The van der Waals surface area contributed by atoms with Crippen molar-refractivity contribution in [3.63, 3.8) is 0 Å². The third-order valence-electron chi connectivity index (χ3n) is 2.87. The first-order chi connectivity index (χ1) is 6.86. The second kappa shape index (κ2) is 3.82. The van der Waals surface area contributed by atoms with Gasteiger partial charge >= 0.3 is 0 Å². The van der Waals surface area contributed by atoms with Gasteiger partial charge in [0.2, 0.25) is 0 Å². The molecule has 0 radical (unpaired) electrons. The molecule has 0 bridgehead atoms. The Kier molecular flexibility index (Phi) is 2.53. The summed E-state index contributed by atoms with van der Waals surface area (Å²) < 4.78 is 5.29. The van der Waals surface area contributed by atoms with Crippen molar-refractivity contribution in [3.8, 4) is 5.75 Å². The zero-order valence-corrected chi connectivity index (χ0v) is 8.32. The van der Waals surface area contributed by atoms with Crippen LogP contribution in [0.4, 0.5) is 0 Å². The average Bonchev–Trinajstić information content (AvgIpc) is 2.27. The normalized spacial score (nSPS) is 19.9.